The fourth-order valence-corrected chi connectivity index (χ4v) is 7.67. The van der Waals surface area contributed by atoms with Crippen LogP contribution in [0.5, 0.6) is 0 Å². The molecule has 1 aromatic heterocycles. The first-order valence-electron chi connectivity index (χ1n) is 16.4. The van der Waals surface area contributed by atoms with Gasteiger partial charge in [0, 0.05) is 78.7 Å². The van der Waals surface area contributed by atoms with Crippen molar-refractivity contribution >= 4 is 40.9 Å². The van der Waals surface area contributed by atoms with Crippen LogP contribution in [0.2, 0.25) is 0 Å². The molecule has 3 aromatic rings. The number of benzene rings is 2. The highest BCUT2D eigenvalue weighted by Crippen LogP contribution is 2.45. The summed E-state index contributed by atoms with van der Waals surface area (Å²) in [4.78, 5) is 23.7. The van der Waals surface area contributed by atoms with E-state index in [1.54, 1.807) is 24.1 Å². The van der Waals surface area contributed by atoms with Crippen LogP contribution < -0.4 is 16.4 Å². The Bertz CT molecular complexity index is 1510. The average Bonchev–Trinajstić information content (AvgIpc) is 3.35. The van der Waals surface area contributed by atoms with E-state index in [0.717, 1.165) is 53.5 Å². The third kappa shape index (κ3) is 9.67. The number of hydrogen-bond acceptors (Lipinski definition) is 6. The molecule has 12 heteroatoms. The first kappa shape index (κ1) is 36.6. The van der Waals surface area contributed by atoms with Gasteiger partial charge < -0.3 is 26.4 Å². The van der Waals surface area contributed by atoms with Crippen LogP contribution in [-0.4, -0.2) is 77.3 Å². The van der Waals surface area contributed by atoms with Gasteiger partial charge in [0.1, 0.15) is 5.82 Å². The minimum atomic E-state index is -2.53. The number of anilines is 1. The molecule has 0 unspecified atom stereocenters. The monoisotopic (exact) mass is 675 g/mol. The Morgan fingerprint density at radius 1 is 1.09 bits per heavy atom. The van der Waals surface area contributed by atoms with E-state index in [9.17, 15) is 22.8 Å². The molecule has 0 bridgehead atoms. The lowest BCUT2D eigenvalue weighted by atomic mass is 9.87. The highest BCUT2D eigenvalue weighted by molar-refractivity contribution is 7.98. The van der Waals surface area contributed by atoms with Gasteiger partial charge in [-0.1, -0.05) is 39.2 Å². The van der Waals surface area contributed by atoms with Gasteiger partial charge in [-0.2, -0.15) is 0 Å². The van der Waals surface area contributed by atoms with Gasteiger partial charge in [-0.15, -0.1) is 0 Å². The Kier molecular flexibility index (Phi) is 12.7. The summed E-state index contributed by atoms with van der Waals surface area (Å²) in [5.74, 6) is -1.74. The van der Waals surface area contributed by atoms with Gasteiger partial charge in [-0.3, -0.25) is 8.77 Å². The number of aldehydes is 1. The van der Waals surface area contributed by atoms with E-state index in [-0.39, 0.29) is 24.1 Å². The van der Waals surface area contributed by atoms with Crippen LogP contribution in [0.3, 0.4) is 0 Å². The van der Waals surface area contributed by atoms with Crippen molar-refractivity contribution in [1.29, 1.82) is 0 Å². The molecule has 1 aliphatic carbocycles. The van der Waals surface area contributed by atoms with E-state index in [4.69, 9.17) is 5.11 Å². The fourth-order valence-electron chi connectivity index (χ4n) is 6.49. The molecule has 0 atom stereocenters. The summed E-state index contributed by atoms with van der Waals surface area (Å²) >= 11 is 1.77. The number of halogens is 3. The molecule has 2 aliphatic heterocycles. The summed E-state index contributed by atoms with van der Waals surface area (Å²) < 4.78 is 41.7. The molecule has 258 valence electrons. The second kappa shape index (κ2) is 16.3. The summed E-state index contributed by atoms with van der Waals surface area (Å²) in [6, 6.07) is 11.6. The van der Waals surface area contributed by atoms with Crippen molar-refractivity contribution in [2.45, 2.75) is 77.2 Å². The number of amides is 1. The third-order valence-corrected chi connectivity index (χ3v) is 10.5. The topological polar surface area (TPSA) is 113 Å². The van der Waals surface area contributed by atoms with Crippen molar-refractivity contribution in [3.8, 4) is 11.1 Å². The molecule has 3 aliphatic rings. The van der Waals surface area contributed by atoms with Crippen LogP contribution in [0.1, 0.15) is 74.8 Å². The summed E-state index contributed by atoms with van der Waals surface area (Å²) in [6.07, 6.45) is 6.63. The molecular weight excluding hydrogens is 627 g/mol. The van der Waals surface area contributed by atoms with E-state index in [1.165, 1.54) is 37.6 Å². The minimum absolute atomic E-state index is 0.125. The summed E-state index contributed by atoms with van der Waals surface area (Å²) in [7, 11) is 1.50. The smallest absolute Gasteiger partial charge is 0.404 e. The minimum Gasteiger partial charge on any atom is -0.465 e. The van der Waals surface area contributed by atoms with Gasteiger partial charge in [0.05, 0.1) is 5.52 Å². The van der Waals surface area contributed by atoms with Gasteiger partial charge in [0.2, 0.25) is 0 Å². The molecule has 0 spiro atoms. The number of piperidine rings is 1. The van der Waals surface area contributed by atoms with Crippen LogP contribution in [0, 0.1) is 11.2 Å². The standard InChI is InChI=1S/C26H29FN2OS.C8H14F2N2O2.CH5N/c1-26(2)14-24-25(21-11-10-19(27)13-23(21)29(24)31-16-26)17-8-9-18(15-30)22(12-17)28-20-6-4-3-5-7-20;9-8(10)1-4-12(5-2-8)6-3-11-7(13)14;1-2/h8-13,15,20,28H,3-7,14,16H2,1-2H3;11H,1-6H2,(H,13,14);2H2,1H3. The maximum absolute atomic E-state index is 14.1. The predicted molar refractivity (Wildman–Crippen MR) is 185 cm³/mol. The van der Waals surface area contributed by atoms with Crippen molar-refractivity contribution < 1.29 is 27.9 Å². The third-order valence-electron chi connectivity index (χ3n) is 8.94. The number of likely N-dealkylation sites (tertiary alicyclic amines) is 1. The van der Waals surface area contributed by atoms with Gasteiger partial charge in [0.25, 0.3) is 5.92 Å². The number of nitrogens with zero attached hydrogens (tertiary/aromatic N) is 2. The predicted octanol–water partition coefficient (Wildman–Crippen LogP) is 7.64. The lowest BCUT2D eigenvalue weighted by Gasteiger charge is -2.31. The highest BCUT2D eigenvalue weighted by atomic mass is 32.2. The summed E-state index contributed by atoms with van der Waals surface area (Å²) in [5.41, 5.74) is 10.7. The quantitative estimate of drug-likeness (QED) is 0.191. The van der Waals surface area contributed by atoms with Crippen LogP contribution in [0.15, 0.2) is 36.4 Å². The Labute approximate surface area is 279 Å². The molecule has 3 heterocycles. The number of nitrogens with one attached hydrogen (secondary N) is 2. The maximum atomic E-state index is 14.1. The number of carbonyl (C=O) groups is 2. The Hall–Kier alpha value is -3.22. The molecule has 1 saturated heterocycles. The second-order valence-electron chi connectivity index (χ2n) is 13.2. The fraction of sp³-hybridized carbons (Fsp3) is 0.543. The zero-order chi connectivity index (χ0) is 34.2. The van der Waals surface area contributed by atoms with Crippen molar-refractivity contribution in [3.63, 3.8) is 0 Å². The van der Waals surface area contributed by atoms with Gasteiger partial charge >= 0.3 is 6.09 Å². The highest BCUT2D eigenvalue weighted by Gasteiger charge is 2.34. The number of rotatable bonds is 7. The lowest BCUT2D eigenvalue weighted by Crippen LogP contribution is -2.42. The number of nitrogens with two attached hydrogens (primary N) is 1. The van der Waals surface area contributed by atoms with Crippen LogP contribution >= 0.6 is 11.9 Å². The molecule has 2 fully saturated rings. The van der Waals surface area contributed by atoms with Crippen molar-refractivity contribution in [2.75, 3.05) is 44.3 Å². The molecule has 1 saturated carbocycles. The summed E-state index contributed by atoms with van der Waals surface area (Å²) in [5, 5.41) is 15.2. The average molecular weight is 676 g/mol. The normalized spacial score (nSPS) is 19.0. The second-order valence-corrected chi connectivity index (χ2v) is 14.1. The number of hydrogen-bond donors (Lipinski definition) is 4. The maximum Gasteiger partial charge on any atom is 0.404 e. The van der Waals surface area contributed by atoms with Gasteiger partial charge in [0.15, 0.2) is 6.29 Å². The Balaban J connectivity index is 0.000000263. The Morgan fingerprint density at radius 3 is 2.45 bits per heavy atom. The molecule has 1 amide bonds. The van der Waals surface area contributed by atoms with Gasteiger partial charge in [-0.05, 0) is 79.6 Å². The van der Waals surface area contributed by atoms with E-state index in [1.807, 2.05) is 23.1 Å². The number of aromatic nitrogens is 1. The van der Waals surface area contributed by atoms with Crippen molar-refractivity contribution in [1.82, 2.24) is 14.2 Å². The number of carbonyl (C=O) groups excluding carboxylic acids is 1. The van der Waals surface area contributed by atoms with Crippen molar-refractivity contribution in [3.05, 3.63) is 53.5 Å². The van der Waals surface area contributed by atoms with Crippen LogP contribution in [0.25, 0.3) is 22.0 Å². The first-order chi connectivity index (χ1) is 22.4. The SMILES string of the molecule is CC1(C)CSn2c(c(-c3ccc(C=O)c(NC4CCCCC4)c3)c3ccc(F)cc32)C1.CN.O=C(O)NCCN1CCC(F)(F)CC1. The van der Waals surface area contributed by atoms with E-state index < -0.39 is 12.0 Å². The molecule has 6 rings (SSSR count). The largest absolute Gasteiger partial charge is 0.465 e. The van der Waals surface area contributed by atoms with Crippen LogP contribution in [0.4, 0.5) is 23.7 Å². The van der Waals surface area contributed by atoms with Gasteiger partial charge in [-0.25, -0.2) is 18.0 Å². The zero-order valence-electron chi connectivity index (χ0n) is 27.6. The van der Waals surface area contributed by atoms with E-state index in [0.29, 0.717) is 37.8 Å². The first-order valence-corrected chi connectivity index (χ1v) is 17.4. The van der Waals surface area contributed by atoms with Crippen molar-refractivity contribution in [2.24, 2.45) is 11.1 Å². The number of carboxylic acid groups (broad SMARTS) is 1. The molecule has 0 radical (unpaired) electrons. The molecule has 2 aromatic carbocycles. The molecule has 47 heavy (non-hydrogen) atoms. The van der Waals surface area contributed by atoms with E-state index in [2.05, 4.69) is 40.3 Å². The molecule has 5 N–H and O–H groups in total. The summed E-state index contributed by atoms with van der Waals surface area (Å²) in [6.45, 7) is 6.06. The number of fused-ring (bicyclic) bond motifs is 3. The number of alkyl halides is 2. The lowest BCUT2D eigenvalue weighted by molar-refractivity contribution is -0.0547. The van der Waals surface area contributed by atoms with E-state index >= 15 is 0 Å². The zero-order valence-corrected chi connectivity index (χ0v) is 28.4. The Morgan fingerprint density at radius 2 is 1.79 bits per heavy atom. The molecular formula is C35H48F3N5O3S. The van der Waals surface area contributed by atoms with Crippen LogP contribution in [-0.2, 0) is 6.42 Å². The molecule has 8 nitrogen and oxygen atoms in total.